The van der Waals surface area contributed by atoms with Gasteiger partial charge >= 0.3 is 0 Å². The molecule has 1 aromatic carbocycles. The Morgan fingerprint density at radius 1 is 1.23 bits per heavy atom. The highest BCUT2D eigenvalue weighted by atomic mass is 127. The fourth-order valence-corrected chi connectivity index (χ4v) is 2.72. The van der Waals surface area contributed by atoms with Gasteiger partial charge in [0.1, 0.15) is 0 Å². The molecule has 5 heteroatoms. The van der Waals surface area contributed by atoms with E-state index in [1.807, 2.05) is 14.0 Å². The second-order valence-corrected chi connectivity index (χ2v) is 5.46. The Kier molecular flexibility index (Phi) is 9.47. The Labute approximate surface area is 151 Å². The van der Waals surface area contributed by atoms with E-state index in [2.05, 4.69) is 39.9 Å². The molecule has 1 saturated carbocycles. The van der Waals surface area contributed by atoms with Gasteiger partial charge in [-0.2, -0.15) is 0 Å². The van der Waals surface area contributed by atoms with Gasteiger partial charge < -0.3 is 15.4 Å². The molecule has 124 valence electrons. The molecule has 1 aliphatic rings. The molecule has 1 aliphatic carbocycles. The van der Waals surface area contributed by atoms with Crippen molar-refractivity contribution < 1.29 is 4.74 Å². The third kappa shape index (κ3) is 6.12. The Morgan fingerprint density at radius 2 is 1.91 bits per heavy atom. The first-order chi connectivity index (χ1) is 10.3. The molecule has 0 aromatic heterocycles. The predicted octanol–water partition coefficient (Wildman–Crippen LogP) is 3.45. The van der Waals surface area contributed by atoms with Crippen LogP contribution >= 0.6 is 24.0 Å². The fourth-order valence-electron chi connectivity index (χ4n) is 2.72. The van der Waals surface area contributed by atoms with Crippen LogP contribution in [0, 0.1) is 0 Å². The molecule has 1 aromatic rings. The summed E-state index contributed by atoms with van der Waals surface area (Å²) in [5.41, 5.74) is 2.50. The number of aliphatic imine (C=N–C) groups is 1. The van der Waals surface area contributed by atoms with Crippen LogP contribution in [-0.4, -0.2) is 25.7 Å². The molecular weight excluding hydrogens is 389 g/mol. The number of nitrogens with one attached hydrogen (secondary N) is 2. The lowest BCUT2D eigenvalue weighted by atomic mass is 10.1. The molecule has 0 unspecified atom stereocenters. The molecule has 0 atom stereocenters. The monoisotopic (exact) mass is 417 g/mol. The molecule has 0 radical (unpaired) electrons. The van der Waals surface area contributed by atoms with E-state index in [4.69, 9.17) is 4.74 Å². The Morgan fingerprint density at radius 3 is 2.55 bits per heavy atom. The second-order valence-electron chi connectivity index (χ2n) is 5.46. The number of hydrogen-bond acceptors (Lipinski definition) is 2. The average molecular weight is 417 g/mol. The summed E-state index contributed by atoms with van der Waals surface area (Å²) < 4.78 is 5.53. The van der Waals surface area contributed by atoms with Crippen molar-refractivity contribution >= 4 is 29.9 Å². The molecule has 0 heterocycles. The van der Waals surface area contributed by atoms with Gasteiger partial charge in [-0.1, -0.05) is 37.1 Å². The summed E-state index contributed by atoms with van der Waals surface area (Å²) in [6.07, 6.45) is 5.15. The largest absolute Gasteiger partial charge is 0.377 e. The lowest BCUT2D eigenvalue weighted by Crippen LogP contribution is -2.42. The van der Waals surface area contributed by atoms with Gasteiger partial charge in [0.15, 0.2) is 5.96 Å². The molecule has 4 nitrogen and oxygen atoms in total. The van der Waals surface area contributed by atoms with E-state index < -0.39 is 0 Å². The molecule has 0 bridgehead atoms. The number of rotatable bonds is 6. The molecule has 22 heavy (non-hydrogen) atoms. The van der Waals surface area contributed by atoms with Crippen LogP contribution in [-0.2, 0) is 17.9 Å². The summed E-state index contributed by atoms with van der Waals surface area (Å²) in [4.78, 5) is 4.32. The number of hydrogen-bond donors (Lipinski definition) is 2. The maximum absolute atomic E-state index is 5.53. The Bertz CT molecular complexity index is 459. The minimum absolute atomic E-state index is 0. The maximum Gasteiger partial charge on any atom is 0.191 e. The molecule has 2 N–H and O–H groups in total. The van der Waals surface area contributed by atoms with E-state index in [1.54, 1.807) is 0 Å². The fraction of sp³-hybridized carbons (Fsp3) is 0.588. The van der Waals surface area contributed by atoms with Crippen molar-refractivity contribution in [2.75, 3.05) is 13.7 Å². The summed E-state index contributed by atoms with van der Waals surface area (Å²) in [6.45, 7) is 4.21. The highest BCUT2D eigenvalue weighted by Crippen LogP contribution is 2.17. The average Bonchev–Trinajstić information content (AvgIpc) is 3.03. The quantitative estimate of drug-likeness (QED) is 0.424. The van der Waals surface area contributed by atoms with Crippen molar-refractivity contribution in [1.29, 1.82) is 0 Å². The van der Waals surface area contributed by atoms with Gasteiger partial charge in [-0.3, -0.25) is 4.99 Å². The molecule has 1 fully saturated rings. The molecule has 0 amide bonds. The molecule has 0 aliphatic heterocycles. The lowest BCUT2D eigenvalue weighted by molar-refractivity contribution is 0.133. The highest BCUT2D eigenvalue weighted by molar-refractivity contribution is 14.0. The van der Waals surface area contributed by atoms with Crippen LogP contribution in [0.25, 0.3) is 0 Å². The van der Waals surface area contributed by atoms with Gasteiger partial charge in [-0.05, 0) is 30.9 Å². The summed E-state index contributed by atoms with van der Waals surface area (Å²) in [7, 11) is 1.83. The number of nitrogens with zero attached hydrogens (tertiary/aromatic N) is 1. The van der Waals surface area contributed by atoms with Crippen LogP contribution in [0.5, 0.6) is 0 Å². The van der Waals surface area contributed by atoms with Crippen molar-refractivity contribution in [3.8, 4) is 0 Å². The van der Waals surface area contributed by atoms with Gasteiger partial charge in [0.2, 0.25) is 0 Å². The van der Waals surface area contributed by atoms with Crippen molar-refractivity contribution in [3.63, 3.8) is 0 Å². The van der Waals surface area contributed by atoms with Crippen LogP contribution in [0.4, 0.5) is 0 Å². The van der Waals surface area contributed by atoms with Crippen molar-refractivity contribution in [2.24, 2.45) is 4.99 Å². The number of halogens is 1. The van der Waals surface area contributed by atoms with Crippen LogP contribution in [0.15, 0.2) is 29.3 Å². The van der Waals surface area contributed by atoms with Crippen LogP contribution < -0.4 is 10.6 Å². The van der Waals surface area contributed by atoms with Crippen LogP contribution in [0.2, 0.25) is 0 Å². The van der Waals surface area contributed by atoms with Crippen LogP contribution in [0.1, 0.15) is 43.7 Å². The molecular formula is C17H28IN3O. The summed E-state index contributed by atoms with van der Waals surface area (Å²) in [5.74, 6) is 0.896. The van der Waals surface area contributed by atoms with Gasteiger partial charge in [0, 0.05) is 26.2 Å². The summed E-state index contributed by atoms with van der Waals surface area (Å²) in [6, 6.07) is 8.97. The smallest absolute Gasteiger partial charge is 0.191 e. The van der Waals surface area contributed by atoms with E-state index in [0.717, 1.165) is 19.1 Å². The zero-order valence-corrected chi connectivity index (χ0v) is 15.9. The molecule has 2 rings (SSSR count). The third-order valence-electron chi connectivity index (χ3n) is 3.95. The SMILES string of the molecule is CCOCc1ccccc1CNC(=NC)NC1CCCC1.I. The second kappa shape index (κ2) is 10.8. The van der Waals surface area contributed by atoms with E-state index in [1.165, 1.54) is 36.8 Å². The van der Waals surface area contributed by atoms with E-state index >= 15 is 0 Å². The molecule has 0 saturated heterocycles. The number of guanidine groups is 1. The van der Waals surface area contributed by atoms with Gasteiger partial charge in [0.05, 0.1) is 6.61 Å². The first-order valence-corrected chi connectivity index (χ1v) is 7.95. The van der Waals surface area contributed by atoms with Crippen LogP contribution in [0.3, 0.4) is 0 Å². The number of ether oxygens (including phenoxy) is 1. The molecule has 0 spiro atoms. The van der Waals surface area contributed by atoms with Crippen molar-refractivity contribution in [1.82, 2.24) is 10.6 Å². The zero-order valence-electron chi connectivity index (χ0n) is 13.6. The predicted molar refractivity (Wildman–Crippen MR) is 103 cm³/mol. The van der Waals surface area contributed by atoms with Crippen molar-refractivity contribution in [2.45, 2.75) is 51.8 Å². The van der Waals surface area contributed by atoms with Gasteiger partial charge in [-0.25, -0.2) is 0 Å². The number of benzene rings is 1. The minimum Gasteiger partial charge on any atom is -0.377 e. The van der Waals surface area contributed by atoms with Gasteiger partial charge in [-0.15, -0.1) is 24.0 Å². The lowest BCUT2D eigenvalue weighted by Gasteiger charge is -2.18. The van der Waals surface area contributed by atoms with E-state index in [0.29, 0.717) is 12.6 Å². The normalized spacial score (nSPS) is 15.5. The third-order valence-corrected chi connectivity index (χ3v) is 3.95. The highest BCUT2D eigenvalue weighted by Gasteiger charge is 2.15. The maximum atomic E-state index is 5.53. The minimum atomic E-state index is 0. The first-order valence-electron chi connectivity index (χ1n) is 7.95. The Hall–Kier alpha value is -0.820. The standard InChI is InChI=1S/C17H27N3O.HI/c1-3-21-13-15-9-5-4-8-14(15)12-19-17(18-2)20-16-10-6-7-11-16;/h4-5,8-9,16H,3,6-7,10-13H2,1-2H3,(H2,18,19,20);1H. The van der Waals surface area contributed by atoms with Gasteiger partial charge in [0.25, 0.3) is 0 Å². The Balaban J connectivity index is 0.00000242. The first kappa shape index (κ1) is 19.2. The zero-order chi connectivity index (χ0) is 14.9. The summed E-state index contributed by atoms with van der Waals surface area (Å²) in [5, 5.41) is 6.92. The van der Waals surface area contributed by atoms with Crippen molar-refractivity contribution in [3.05, 3.63) is 35.4 Å². The van der Waals surface area contributed by atoms with E-state index in [-0.39, 0.29) is 24.0 Å². The van der Waals surface area contributed by atoms with E-state index in [9.17, 15) is 0 Å². The topological polar surface area (TPSA) is 45.6 Å². The summed E-state index contributed by atoms with van der Waals surface area (Å²) >= 11 is 0.